The van der Waals surface area contributed by atoms with E-state index in [0.29, 0.717) is 5.57 Å². The fourth-order valence-corrected chi connectivity index (χ4v) is 1.52. The van der Waals surface area contributed by atoms with Gasteiger partial charge >= 0.3 is 5.97 Å². The van der Waals surface area contributed by atoms with Gasteiger partial charge in [0, 0.05) is 18.8 Å². The number of methoxy groups -OCH3 is 1. The van der Waals surface area contributed by atoms with E-state index < -0.39 is 24.5 Å². The molecule has 0 spiro atoms. The number of carbonyl (C=O) groups is 1. The van der Waals surface area contributed by atoms with E-state index in [1.807, 2.05) is 0 Å². The highest BCUT2D eigenvalue weighted by molar-refractivity contribution is 5.86. The van der Waals surface area contributed by atoms with Crippen molar-refractivity contribution < 1.29 is 24.1 Å². The summed E-state index contributed by atoms with van der Waals surface area (Å²) < 4.78 is 15.0. The maximum absolute atomic E-state index is 10.9. The number of rotatable bonds is 1. The Balaban J connectivity index is 2.23. The Morgan fingerprint density at radius 3 is 3.15 bits per heavy atom. The predicted octanol–water partition coefficient (Wildman–Crippen LogP) is -0.798. The SMILES string of the molecule is CO[C@@H]1OC[C@@H](O)[C@H]2OC(=O)C=C12. The summed E-state index contributed by atoms with van der Waals surface area (Å²) in [7, 11) is 1.48. The summed E-state index contributed by atoms with van der Waals surface area (Å²) in [4.78, 5) is 10.9. The zero-order valence-electron chi connectivity index (χ0n) is 7.10. The van der Waals surface area contributed by atoms with Crippen LogP contribution in [0.3, 0.4) is 0 Å². The number of aliphatic hydroxyl groups is 1. The van der Waals surface area contributed by atoms with E-state index in [4.69, 9.17) is 14.2 Å². The van der Waals surface area contributed by atoms with Crippen LogP contribution in [-0.2, 0) is 19.0 Å². The fraction of sp³-hybridized carbons (Fsp3) is 0.625. The molecule has 0 aromatic rings. The summed E-state index contributed by atoms with van der Waals surface area (Å²) in [6.07, 6.45) is -0.642. The molecule has 5 heteroatoms. The van der Waals surface area contributed by atoms with Gasteiger partial charge < -0.3 is 19.3 Å². The summed E-state index contributed by atoms with van der Waals surface area (Å²) in [5.41, 5.74) is 0.561. The lowest BCUT2D eigenvalue weighted by Crippen LogP contribution is -2.43. The standard InChI is InChI=1S/C8H10O5/c1-11-8-4-2-6(10)13-7(4)5(9)3-12-8/h2,5,7-9H,3H2,1H3/t5-,7+,8-/m1/s1. The Labute approximate surface area is 74.9 Å². The molecule has 2 aliphatic rings. The third-order valence-corrected chi connectivity index (χ3v) is 2.11. The van der Waals surface area contributed by atoms with E-state index in [2.05, 4.69) is 0 Å². The molecule has 0 aliphatic carbocycles. The first-order chi connectivity index (χ1) is 6.22. The van der Waals surface area contributed by atoms with E-state index in [0.717, 1.165) is 0 Å². The number of aliphatic hydroxyl groups excluding tert-OH is 1. The van der Waals surface area contributed by atoms with E-state index in [1.165, 1.54) is 13.2 Å². The van der Waals surface area contributed by atoms with Crippen LogP contribution in [0.15, 0.2) is 11.6 Å². The Morgan fingerprint density at radius 2 is 2.46 bits per heavy atom. The van der Waals surface area contributed by atoms with Gasteiger partial charge in [-0.15, -0.1) is 0 Å². The fourth-order valence-electron chi connectivity index (χ4n) is 1.52. The number of hydrogen-bond donors (Lipinski definition) is 1. The van der Waals surface area contributed by atoms with Gasteiger partial charge in [0.1, 0.15) is 6.10 Å². The average molecular weight is 186 g/mol. The monoisotopic (exact) mass is 186 g/mol. The highest BCUT2D eigenvalue weighted by Crippen LogP contribution is 2.28. The quantitative estimate of drug-likeness (QED) is 0.543. The van der Waals surface area contributed by atoms with Crippen molar-refractivity contribution in [1.82, 2.24) is 0 Å². The van der Waals surface area contributed by atoms with Crippen molar-refractivity contribution >= 4 is 5.97 Å². The van der Waals surface area contributed by atoms with Crippen molar-refractivity contribution in [3.63, 3.8) is 0 Å². The molecule has 1 N–H and O–H groups in total. The highest BCUT2D eigenvalue weighted by Gasteiger charge is 2.41. The van der Waals surface area contributed by atoms with Crippen LogP contribution < -0.4 is 0 Å². The van der Waals surface area contributed by atoms with Crippen molar-refractivity contribution in [3.8, 4) is 0 Å². The second-order valence-electron chi connectivity index (χ2n) is 2.97. The number of hydrogen-bond acceptors (Lipinski definition) is 5. The number of fused-ring (bicyclic) bond motifs is 1. The minimum absolute atomic E-state index is 0.119. The molecule has 2 heterocycles. The number of esters is 1. The van der Waals surface area contributed by atoms with Crippen LogP contribution in [0.1, 0.15) is 0 Å². The van der Waals surface area contributed by atoms with Gasteiger partial charge in [-0.1, -0.05) is 0 Å². The summed E-state index contributed by atoms with van der Waals surface area (Å²) >= 11 is 0. The molecule has 1 saturated heterocycles. The Morgan fingerprint density at radius 1 is 1.69 bits per heavy atom. The molecule has 0 aromatic heterocycles. The second-order valence-corrected chi connectivity index (χ2v) is 2.97. The molecule has 3 atom stereocenters. The van der Waals surface area contributed by atoms with Crippen molar-refractivity contribution in [2.75, 3.05) is 13.7 Å². The molecule has 0 radical (unpaired) electrons. The minimum atomic E-state index is -0.788. The van der Waals surface area contributed by atoms with E-state index >= 15 is 0 Å². The molecule has 1 fully saturated rings. The summed E-state index contributed by atoms with van der Waals surface area (Å²) in [5.74, 6) is -0.452. The molecule has 0 aromatic carbocycles. The predicted molar refractivity (Wildman–Crippen MR) is 40.7 cm³/mol. The lowest BCUT2D eigenvalue weighted by Gasteiger charge is -2.30. The molecule has 0 amide bonds. The third kappa shape index (κ3) is 1.35. The molecule has 2 rings (SSSR count). The minimum Gasteiger partial charge on any atom is -0.452 e. The first kappa shape index (κ1) is 8.68. The van der Waals surface area contributed by atoms with Gasteiger partial charge in [0.2, 0.25) is 0 Å². The van der Waals surface area contributed by atoms with Crippen LogP contribution in [0.25, 0.3) is 0 Å². The van der Waals surface area contributed by atoms with Gasteiger partial charge in [-0.25, -0.2) is 4.79 Å². The maximum atomic E-state index is 10.9. The van der Waals surface area contributed by atoms with Crippen molar-refractivity contribution in [2.24, 2.45) is 0 Å². The van der Waals surface area contributed by atoms with Gasteiger partial charge in [-0.05, 0) is 0 Å². The molecule has 0 bridgehead atoms. The molecule has 0 unspecified atom stereocenters. The average Bonchev–Trinajstić information content (AvgIpc) is 2.48. The second kappa shape index (κ2) is 3.10. The Kier molecular flexibility index (Phi) is 2.07. The van der Waals surface area contributed by atoms with E-state index in [1.54, 1.807) is 0 Å². The van der Waals surface area contributed by atoms with Gasteiger partial charge in [0.25, 0.3) is 0 Å². The molecule has 2 aliphatic heterocycles. The van der Waals surface area contributed by atoms with Crippen LogP contribution in [0.2, 0.25) is 0 Å². The normalized spacial score (nSPS) is 38.2. The molecular weight excluding hydrogens is 176 g/mol. The molecule has 72 valence electrons. The maximum Gasteiger partial charge on any atom is 0.331 e. The molecular formula is C8H10O5. The van der Waals surface area contributed by atoms with Crippen molar-refractivity contribution in [3.05, 3.63) is 11.6 Å². The van der Waals surface area contributed by atoms with Crippen LogP contribution in [0.4, 0.5) is 0 Å². The zero-order valence-corrected chi connectivity index (χ0v) is 7.10. The zero-order chi connectivity index (χ0) is 9.42. The summed E-state index contributed by atoms with van der Waals surface area (Å²) in [5, 5.41) is 9.41. The van der Waals surface area contributed by atoms with Gasteiger partial charge in [-0.2, -0.15) is 0 Å². The van der Waals surface area contributed by atoms with Crippen LogP contribution in [0.5, 0.6) is 0 Å². The molecule has 5 nitrogen and oxygen atoms in total. The van der Waals surface area contributed by atoms with Crippen molar-refractivity contribution in [2.45, 2.75) is 18.5 Å². The Bertz CT molecular complexity index is 259. The number of carbonyl (C=O) groups excluding carboxylic acids is 1. The lowest BCUT2D eigenvalue weighted by molar-refractivity contribution is -0.176. The highest BCUT2D eigenvalue weighted by atomic mass is 16.7. The first-order valence-corrected chi connectivity index (χ1v) is 3.97. The van der Waals surface area contributed by atoms with Crippen LogP contribution in [0, 0.1) is 0 Å². The largest absolute Gasteiger partial charge is 0.452 e. The number of ether oxygens (including phenoxy) is 3. The third-order valence-electron chi connectivity index (χ3n) is 2.11. The smallest absolute Gasteiger partial charge is 0.331 e. The van der Waals surface area contributed by atoms with Crippen LogP contribution in [-0.4, -0.2) is 43.3 Å². The first-order valence-electron chi connectivity index (χ1n) is 3.97. The van der Waals surface area contributed by atoms with Crippen molar-refractivity contribution in [1.29, 1.82) is 0 Å². The van der Waals surface area contributed by atoms with E-state index in [9.17, 15) is 9.90 Å². The summed E-state index contributed by atoms with van der Waals surface area (Å²) in [6.45, 7) is 0.119. The van der Waals surface area contributed by atoms with Gasteiger partial charge in [0.15, 0.2) is 12.4 Å². The summed E-state index contributed by atoms with van der Waals surface area (Å²) in [6, 6.07) is 0. The van der Waals surface area contributed by atoms with Gasteiger partial charge in [0.05, 0.1) is 6.61 Å². The lowest BCUT2D eigenvalue weighted by atomic mass is 10.0. The molecule has 13 heavy (non-hydrogen) atoms. The Hall–Kier alpha value is -0.910. The van der Waals surface area contributed by atoms with E-state index in [-0.39, 0.29) is 6.61 Å². The van der Waals surface area contributed by atoms with Gasteiger partial charge in [-0.3, -0.25) is 0 Å². The van der Waals surface area contributed by atoms with Crippen LogP contribution >= 0.6 is 0 Å². The topological polar surface area (TPSA) is 65.0 Å². The molecule has 0 saturated carbocycles.